The van der Waals surface area contributed by atoms with E-state index in [0.29, 0.717) is 28.1 Å². The van der Waals surface area contributed by atoms with Gasteiger partial charge in [-0.25, -0.2) is 4.85 Å². The number of nitrogens with zero attached hydrogens (tertiary/aromatic N) is 4. The summed E-state index contributed by atoms with van der Waals surface area (Å²) >= 11 is 0. The zero-order valence-corrected chi connectivity index (χ0v) is 34.1. The van der Waals surface area contributed by atoms with Crippen molar-refractivity contribution in [2.75, 3.05) is 0 Å². The summed E-state index contributed by atoms with van der Waals surface area (Å²) in [5.74, 6) is 0. The molecule has 314 valence electrons. The summed E-state index contributed by atoms with van der Waals surface area (Å²) in [6.45, 7) is 2.00. The van der Waals surface area contributed by atoms with Crippen molar-refractivity contribution in [2.24, 2.45) is 0 Å². The van der Waals surface area contributed by atoms with Crippen LogP contribution < -0.4 is 0 Å². The molecule has 0 aliphatic heterocycles. The first kappa shape index (κ1) is 22.6. The van der Waals surface area contributed by atoms with Crippen molar-refractivity contribution in [2.45, 2.75) is 51.9 Å². The van der Waals surface area contributed by atoms with Gasteiger partial charge in [0.15, 0.2) is 0 Å². The van der Waals surface area contributed by atoms with E-state index in [1.165, 1.54) is 24.3 Å². The molecule has 4 aromatic heterocycles. The van der Waals surface area contributed by atoms with Gasteiger partial charge in [-0.3, -0.25) is 15.0 Å². The first-order valence-corrected chi connectivity index (χ1v) is 20.2. The zero-order valence-electron chi connectivity index (χ0n) is 57.1. The van der Waals surface area contributed by atoms with Gasteiger partial charge in [-0.2, -0.15) is 0 Å². The number of pyridine rings is 3. The number of aromatic nitrogens is 3. The fourth-order valence-corrected chi connectivity index (χ4v) is 7.31. The molecule has 0 bridgehead atoms. The molecular formula is C60H48N4O. The van der Waals surface area contributed by atoms with Crippen LogP contribution in [-0.2, 0) is 38.2 Å². The maximum atomic E-state index is 9.63. The summed E-state index contributed by atoms with van der Waals surface area (Å²) in [6, 6.07) is 28.3. The third-order valence-electron chi connectivity index (χ3n) is 10.5. The first-order valence-electron chi connectivity index (χ1n) is 31.7. The number of hydrogen-bond donors (Lipinski definition) is 0. The number of hydrogen-bond acceptors (Lipinski definition) is 4. The Morgan fingerprint density at radius 2 is 1.12 bits per heavy atom. The van der Waals surface area contributed by atoms with Crippen LogP contribution in [0.4, 0.5) is 5.69 Å². The van der Waals surface area contributed by atoms with E-state index in [2.05, 4.69) is 19.8 Å². The second kappa shape index (κ2) is 18.4. The Hall–Kier alpha value is -7.94. The monoisotopic (exact) mass is 864 g/mol. The van der Waals surface area contributed by atoms with Crippen LogP contribution in [0.25, 0.3) is 71.7 Å². The summed E-state index contributed by atoms with van der Waals surface area (Å²) in [7, 11) is 0. The van der Waals surface area contributed by atoms with Crippen molar-refractivity contribution in [3.8, 4) is 44.9 Å². The summed E-state index contributed by atoms with van der Waals surface area (Å²) < 4.78 is 213. The van der Waals surface area contributed by atoms with Crippen molar-refractivity contribution in [3.05, 3.63) is 238 Å². The van der Waals surface area contributed by atoms with Gasteiger partial charge >= 0.3 is 0 Å². The normalized spacial score (nSPS) is 18.2. The molecule has 0 aliphatic rings. The fourth-order valence-electron chi connectivity index (χ4n) is 7.31. The number of rotatable bonds is 13. The molecule has 4 heterocycles. The van der Waals surface area contributed by atoms with Crippen LogP contribution in [0.1, 0.15) is 76.0 Å². The highest BCUT2D eigenvalue weighted by Gasteiger charge is 2.19. The molecule has 0 atom stereocenters. The van der Waals surface area contributed by atoms with E-state index >= 15 is 0 Å². The summed E-state index contributed by atoms with van der Waals surface area (Å²) in [5.41, 5.74) is -4.32. The second-order valence-corrected chi connectivity index (χ2v) is 14.7. The average molecular weight is 864 g/mol. The molecule has 0 unspecified atom stereocenters. The van der Waals surface area contributed by atoms with E-state index in [0.717, 1.165) is 42.9 Å². The van der Waals surface area contributed by atoms with Crippen LogP contribution in [0.15, 0.2) is 187 Å². The standard InChI is InChI=1S/C60H48N4O/c1-40-32-55(47-16-9-5-10-17-47)63-38-49(40)27-24-44-34-43(35-45(36-44)25-28-50-39-64-56(33-41(50)2)48-18-11-6-12-19-48)23-22-42-26-30-54(62-37-42)52-20-13-21-53-58-57(65-60(52)53)31-29-51(59(58)61-3)46-14-7-4-8-15-46/h4-21,26,29-39H,22-25,27-28H2,1-2H3/i1D3,2D3,4D,7D,8D,14D,15D,22D2,23D2,24D2,25D2,27D2,28D2. The smallest absolute Gasteiger partial charge is 0.206 e. The van der Waals surface area contributed by atoms with E-state index in [-0.39, 0.29) is 50.4 Å². The average Bonchev–Trinajstić information content (AvgIpc) is 0.999. The molecule has 5 nitrogen and oxygen atoms in total. The Morgan fingerprint density at radius 3 is 1.69 bits per heavy atom. The van der Waals surface area contributed by atoms with Crippen LogP contribution >= 0.6 is 0 Å². The van der Waals surface area contributed by atoms with E-state index in [1.54, 1.807) is 78.9 Å². The fraction of sp³-hybridized carbons (Fsp3) is 0.133. The number of aryl methyl sites for hydroxylation is 8. The Labute approximate surface area is 413 Å². The van der Waals surface area contributed by atoms with Gasteiger partial charge in [0.25, 0.3) is 0 Å². The number of fused-ring (bicyclic) bond motifs is 3. The Morgan fingerprint density at radius 1 is 0.538 bits per heavy atom. The minimum atomic E-state index is -3.53. The maximum Gasteiger partial charge on any atom is 0.206 e. The van der Waals surface area contributed by atoms with Gasteiger partial charge in [0.1, 0.15) is 11.2 Å². The van der Waals surface area contributed by atoms with E-state index in [4.69, 9.17) is 26.1 Å². The first-order chi connectivity index (χ1) is 41.0. The van der Waals surface area contributed by atoms with Crippen LogP contribution in [-0.4, -0.2) is 15.0 Å². The summed E-state index contributed by atoms with van der Waals surface area (Å²) in [5, 5.41) is 0.610. The molecule has 0 saturated carbocycles. The van der Waals surface area contributed by atoms with Crippen molar-refractivity contribution in [1.29, 1.82) is 0 Å². The minimum absolute atomic E-state index is 0.0523. The van der Waals surface area contributed by atoms with Crippen molar-refractivity contribution < 1.29 is 35.9 Å². The van der Waals surface area contributed by atoms with Crippen LogP contribution in [0.5, 0.6) is 0 Å². The molecule has 10 aromatic rings. The van der Waals surface area contributed by atoms with Crippen molar-refractivity contribution >= 4 is 27.6 Å². The minimum Gasteiger partial charge on any atom is -0.457 e. The van der Waals surface area contributed by atoms with Gasteiger partial charge in [0.2, 0.25) is 5.69 Å². The molecule has 0 amide bonds. The molecule has 65 heavy (non-hydrogen) atoms. The zero-order chi connectivity index (χ0) is 64.2. The molecule has 0 radical (unpaired) electrons. The highest BCUT2D eigenvalue weighted by Crippen LogP contribution is 2.44. The molecule has 5 heteroatoms. The van der Waals surface area contributed by atoms with E-state index in [9.17, 15) is 16.4 Å². The number of para-hydroxylation sites is 1. The van der Waals surface area contributed by atoms with Gasteiger partial charge in [0, 0.05) is 70.7 Å². The van der Waals surface area contributed by atoms with Gasteiger partial charge in [-0.1, -0.05) is 133 Å². The van der Waals surface area contributed by atoms with Gasteiger partial charge in [-0.05, 0) is 138 Å². The lowest BCUT2D eigenvalue weighted by atomic mass is 9.93. The van der Waals surface area contributed by atoms with E-state index < -0.39 is 127 Å². The van der Waals surface area contributed by atoms with Gasteiger partial charge < -0.3 is 4.42 Å². The molecule has 6 aromatic carbocycles. The van der Waals surface area contributed by atoms with Crippen LogP contribution in [0, 0.1) is 20.3 Å². The Bertz CT molecular complexity index is 4270. The van der Waals surface area contributed by atoms with Gasteiger partial charge in [0.05, 0.1) is 30.5 Å². The third-order valence-corrected chi connectivity index (χ3v) is 10.5. The number of furan rings is 1. The highest BCUT2D eigenvalue weighted by atomic mass is 16.3. The van der Waals surface area contributed by atoms with Crippen LogP contribution in [0.2, 0.25) is 0 Å². The maximum absolute atomic E-state index is 9.63. The molecule has 10 rings (SSSR count). The Balaban J connectivity index is 1.10. The predicted octanol–water partition coefficient (Wildman–Crippen LogP) is 15.0. The second-order valence-electron chi connectivity index (χ2n) is 14.7. The van der Waals surface area contributed by atoms with Crippen molar-refractivity contribution in [1.82, 2.24) is 15.0 Å². The molecule has 0 N–H and O–H groups in total. The lowest BCUT2D eigenvalue weighted by Crippen LogP contribution is -2.02. The quantitative estimate of drug-likeness (QED) is 0.108. The lowest BCUT2D eigenvalue weighted by molar-refractivity contribution is 0.670. The summed E-state index contributed by atoms with van der Waals surface area (Å²) in [6.07, 6.45) is -17.9. The topological polar surface area (TPSA) is 56.2 Å². The SMILES string of the molecule is [2H]c1c([2H])c([2H])c(-c2ccc3oc4c(-c5ccc(C([2H])([2H])C([2H])([2H])c6cc(C([2H])([2H])C([2H])([2H])c7cnc(-c8ccccc8)cc7C([2H])([2H])[2H])cc(C([2H])([2H])C([2H])([2H])c7cnc(-c8ccccc8)cc7C([2H])([2H])[2H])c6)cn5)cccc4c3c2[N+]#[C-])c([2H])c1[2H]. The predicted molar refractivity (Wildman–Crippen MR) is 266 cm³/mol. The highest BCUT2D eigenvalue weighted by molar-refractivity contribution is 6.17. The van der Waals surface area contributed by atoms with E-state index in [1.807, 2.05) is 0 Å². The van der Waals surface area contributed by atoms with Crippen molar-refractivity contribution in [3.63, 3.8) is 0 Å². The lowest BCUT2D eigenvalue weighted by Gasteiger charge is -2.13. The molecular weight excluding hydrogens is 793 g/mol. The molecule has 0 fully saturated rings. The van der Waals surface area contributed by atoms with Gasteiger partial charge in [-0.15, -0.1) is 0 Å². The number of benzene rings is 6. The molecule has 0 spiro atoms. The van der Waals surface area contributed by atoms with Crippen LogP contribution in [0.3, 0.4) is 0 Å². The molecule has 0 aliphatic carbocycles. The Kier molecular flexibility index (Phi) is 6.41. The summed E-state index contributed by atoms with van der Waals surface area (Å²) in [4.78, 5) is 16.8. The third kappa shape index (κ3) is 8.85. The molecule has 0 saturated heterocycles. The largest absolute Gasteiger partial charge is 0.457 e.